The number of thioether (sulfide) groups is 1. The summed E-state index contributed by atoms with van der Waals surface area (Å²) in [7, 11) is 0. The number of halogens is 3. The summed E-state index contributed by atoms with van der Waals surface area (Å²) in [5.41, 5.74) is 1.00. The van der Waals surface area contributed by atoms with Crippen LogP contribution in [0, 0.1) is 0 Å². The Morgan fingerprint density at radius 3 is 2.35 bits per heavy atom. The molecule has 0 bridgehead atoms. The highest BCUT2D eigenvalue weighted by atomic mass is 32.2. The fourth-order valence-electron chi connectivity index (χ4n) is 4.96. The maximum atomic E-state index is 13.7. The van der Waals surface area contributed by atoms with Crippen LogP contribution in [0.4, 0.5) is 18.9 Å². The van der Waals surface area contributed by atoms with E-state index in [0.717, 1.165) is 39.5 Å². The highest BCUT2D eigenvalue weighted by molar-refractivity contribution is 7.99. The molecular weight excluding hydrogens is 539 g/mol. The maximum Gasteiger partial charge on any atom is 0.416 e. The second-order valence-corrected chi connectivity index (χ2v) is 10.4. The number of nitrogens with one attached hydrogen (secondary N) is 1. The second kappa shape index (κ2) is 10.4. The Morgan fingerprint density at radius 1 is 0.900 bits per heavy atom. The van der Waals surface area contributed by atoms with E-state index < -0.39 is 17.3 Å². The molecule has 0 aliphatic carbocycles. The van der Waals surface area contributed by atoms with Crippen molar-refractivity contribution in [2.45, 2.75) is 11.3 Å². The summed E-state index contributed by atoms with van der Waals surface area (Å²) in [6.07, 6.45) is -4.58. The van der Waals surface area contributed by atoms with Crippen LogP contribution < -0.4 is 10.5 Å². The van der Waals surface area contributed by atoms with E-state index in [0.29, 0.717) is 37.2 Å². The van der Waals surface area contributed by atoms with Gasteiger partial charge in [0.15, 0.2) is 5.16 Å². The van der Waals surface area contributed by atoms with Crippen LogP contribution in [0.5, 0.6) is 0 Å². The molecule has 0 atom stereocenters. The van der Waals surface area contributed by atoms with Crippen LogP contribution in [0.25, 0.3) is 27.6 Å². The number of aromatic amines is 1. The summed E-state index contributed by atoms with van der Waals surface area (Å²) in [5, 5.41) is 0.869. The molecule has 1 N–H and O–H groups in total. The first-order chi connectivity index (χ1) is 19.3. The molecule has 2 aromatic heterocycles. The number of carbonyl (C=O) groups is 1. The minimum absolute atomic E-state index is 0.00932. The quantitative estimate of drug-likeness (QED) is 0.231. The predicted molar refractivity (Wildman–Crippen MR) is 150 cm³/mol. The zero-order valence-electron chi connectivity index (χ0n) is 21.2. The third kappa shape index (κ3) is 4.92. The van der Waals surface area contributed by atoms with Crippen LogP contribution in [-0.2, 0) is 11.0 Å². The van der Waals surface area contributed by atoms with Crippen LogP contribution in [0.1, 0.15) is 5.56 Å². The highest BCUT2D eigenvalue weighted by Crippen LogP contribution is 2.32. The van der Waals surface area contributed by atoms with Gasteiger partial charge in [-0.3, -0.25) is 14.2 Å². The number of piperazine rings is 1. The number of benzene rings is 3. The molecule has 6 rings (SSSR count). The van der Waals surface area contributed by atoms with Gasteiger partial charge in [-0.15, -0.1) is 0 Å². The van der Waals surface area contributed by atoms with E-state index in [1.165, 1.54) is 12.1 Å². The molecule has 0 unspecified atom stereocenters. The summed E-state index contributed by atoms with van der Waals surface area (Å²) in [4.78, 5) is 38.6. The van der Waals surface area contributed by atoms with Gasteiger partial charge in [0.05, 0.1) is 17.0 Å². The van der Waals surface area contributed by atoms with E-state index in [2.05, 4.69) is 9.88 Å². The summed E-state index contributed by atoms with van der Waals surface area (Å²) in [6, 6.07) is 21.8. The molecule has 1 amide bonds. The van der Waals surface area contributed by atoms with Crippen LogP contribution in [0.3, 0.4) is 0 Å². The molecule has 3 aromatic carbocycles. The summed E-state index contributed by atoms with van der Waals surface area (Å²) in [5.74, 6) is -0.133. The van der Waals surface area contributed by atoms with Crippen molar-refractivity contribution in [3.8, 4) is 5.69 Å². The van der Waals surface area contributed by atoms with Crippen molar-refractivity contribution in [1.82, 2.24) is 19.4 Å². The van der Waals surface area contributed by atoms with Gasteiger partial charge in [-0.1, -0.05) is 54.2 Å². The molecule has 1 fully saturated rings. The van der Waals surface area contributed by atoms with Crippen molar-refractivity contribution >= 4 is 45.3 Å². The largest absolute Gasteiger partial charge is 0.416 e. The van der Waals surface area contributed by atoms with Gasteiger partial charge >= 0.3 is 6.18 Å². The van der Waals surface area contributed by atoms with Gasteiger partial charge in [0, 0.05) is 42.8 Å². The number of alkyl halides is 3. The molecule has 0 saturated carbocycles. The lowest BCUT2D eigenvalue weighted by Crippen LogP contribution is -2.49. The lowest BCUT2D eigenvalue weighted by Gasteiger charge is -2.36. The van der Waals surface area contributed by atoms with E-state index in [1.807, 2.05) is 48.5 Å². The van der Waals surface area contributed by atoms with E-state index in [1.54, 1.807) is 11.0 Å². The molecule has 7 nitrogen and oxygen atoms in total. The average molecular weight is 564 g/mol. The minimum atomic E-state index is -4.58. The summed E-state index contributed by atoms with van der Waals surface area (Å²) in [6.45, 7) is 2.47. The van der Waals surface area contributed by atoms with Crippen LogP contribution in [0.15, 0.2) is 88.8 Å². The maximum absolute atomic E-state index is 13.7. The predicted octanol–water partition coefficient (Wildman–Crippen LogP) is 5.33. The Kier molecular flexibility index (Phi) is 6.75. The van der Waals surface area contributed by atoms with Gasteiger partial charge in [0.2, 0.25) is 5.91 Å². The van der Waals surface area contributed by atoms with Gasteiger partial charge in [-0.05, 0) is 36.4 Å². The van der Waals surface area contributed by atoms with Crippen molar-refractivity contribution in [3.05, 3.63) is 94.8 Å². The first kappa shape index (κ1) is 26.0. The first-order valence-electron chi connectivity index (χ1n) is 12.7. The highest BCUT2D eigenvalue weighted by Gasteiger charge is 2.31. The number of fused-ring (bicyclic) bond motifs is 3. The van der Waals surface area contributed by atoms with Crippen molar-refractivity contribution in [2.24, 2.45) is 0 Å². The molecule has 1 aliphatic rings. The molecule has 5 aromatic rings. The summed E-state index contributed by atoms with van der Waals surface area (Å²) >= 11 is 1.05. The zero-order valence-corrected chi connectivity index (χ0v) is 22.0. The molecule has 40 heavy (non-hydrogen) atoms. The number of hydrogen-bond donors (Lipinski definition) is 1. The third-order valence-corrected chi connectivity index (χ3v) is 7.93. The topological polar surface area (TPSA) is 74.2 Å². The van der Waals surface area contributed by atoms with Crippen LogP contribution in [-0.4, -0.2) is 57.3 Å². The number of H-pyrrole nitrogens is 1. The lowest BCUT2D eigenvalue weighted by molar-refractivity contribution is -0.137. The number of carbonyl (C=O) groups excluding carboxylic acids is 1. The number of hydrogen-bond acceptors (Lipinski definition) is 5. The molecule has 1 saturated heterocycles. The molecular formula is C29H24F3N5O2S. The lowest BCUT2D eigenvalue weighted by atomic mass is 10.2. The van der Waals surface area contributed by atoms with Gasteiger partial charge in [-0.2, -0.15) is 13.2 Å². The van der Waals surface area contributed by atoms with E-state index >= 15 is 0 Å². The third-order valence-electron chi connectivity index (χ3n) is 7.00. The SMILES string of the molecule is O=C(CSc1nc2c([nH]c3ccccc32)c(=O)n1-c1cccc(C(F)(F)F)c1)N1CCN(c2ccccc2)CC1. The molecule has 204 valence electrons. The molecule has 11 heteroatoms. The van der Waals surface area contributed by atoms with E-state index in [-0.39, 0.29) is 28.0 Å². The smallest absolute Gasteiger partial charge is 0.368 e. The summed E-state index contributed by atoms with van der Waals surface area (Å²) < 4.78 is 41.7. The number of amides is 1. The fourth-order valence-corrected chi connectivity index (χ4v) is 5.87. The van der Waals surface area contributed by atoms with Gasteiger partial charge in [0.25, 0.3) is 5.56 Å². The molecule has 3 heterocycles. The Morgan fingerprint density at radius 2 is 1.60 bits per heavy atom. The van der Waals surface area contributed by atoms with Crippen LogP contribution in [0.2, 0.25) is 0 Å². The zero-order chi connectivity index (χ0) is 27.9. The van der Waals surface area contributed by atoms with Gasteiger partial charge in [-0.25, -0.2) is 4.98 Å². The second-order valence-electron chi connectivity index (χ2n) is 9.47. The molecule has 1 aliphatic heterocycles. The number of nitrogens with zero attached hydrogens (tertiary/aromatic N) is 4. The molecule has 0 radical (unpaired) electrons. The Balaban J connectivity index is 1.31. The number of para-hydroxylation sites is 2. The monoisotopic (exact) mass is 563 g/mol. The molecule has 0 spiro atoms. The normalized spacial score (nSPS) is 14.3. The van der Waals surface area contributed by atoms with Crippen molar-refractivity contribution in [3.63, 3.8) is 0 Å². The Labute approximate surface area is 231 Å². The van der Waals surface area contributed by atoms with Crippen molar-refractivity contribution in [1.29, 1.82) is 0 Å². The number of aromatic nitrogens is 3. The van der Waals surface area contributed by atoms with E-state index in [9.17, 15) is 22.8 Å². The average Bonchev–Trinajstić information content (AvgIpc) is 3.35. The van der Waals surface area contributed by atoms with Crippen molar-refractivity contribution < 1.29 is 18.0 Å². The van der Waals surface area contributed by atoms with Gasteiger partial charge < -0.3 is 14.8 Å². The standard InChI is InChI=1S/C29H24F3N5O2S/c30-29(31,32)19-7-6-10-21(17-19)37-27(39)26-25(22-11-4-5-12-23(22)33-26)34-28(37)40-18-24(38)36-15-13-35(14-16-36)20-8-2-1-3-9-20/h1-12,17,33H,13-16,18H2. The number of anilines is 1. The fraction of sp³-hybridized carbons (Fsp3) is 0.207. The minimum Gasteiger partial charge on any atom is -0.368 e. The van der Waals surface area contributed by atoms with Crippen molar-refractivity contribution in [2.75, 3.05) is 36.8 Å². The Bertz CT molecular complexity index is 1760. The number of rotatable bonds is 5. The van der Waals surface area contributed by atoms with Gasteiger partial charge in [0.1, 0.15) is 11.0 Å². The van der Waals surface area contributed by atoms with E-state index in [4.69, 9.17) is 4.98 Å². The van der Waals surface area contributed by atoms with Crippen LogP contribution >= 0.6 is 11.8 Å². The Hall–Kier alpha value is -4.25. The first-order valence-corrected chi connectivity index (χ1v) is 13.7.